The zero-order valence-electron chi connectivity index (χ0n) is 10.2. The number of rotatable bonds is 1. The molecule has 0 radical (unpaired) electrons. The fourth-order valence-electron chi connectivity index (χ4n) is 2.13. The van der Waals surface area contributed by atoms with Gasteiger partial charge in [-0.3, -0.25) is 0 Å². The van der Waals surface area contributed by atoms with Crippen LogP contribution in [-0.4, -0.2) is 24.6 Å². The largest absolute Gasteiger partial charge is 0.236 e. The maximum absolute atomic E-state index is 12.8. The first kappa shape index (κ1) is 11.0. The number of fused-ring (bicyclic) bond motifs is 3. The first-order valence-electron chi connectivity index (χ1n) is 6.02. The van der Waals surface area contributed by atoms with Crippen molar-refractivity contribution in [1.82, 2.24) is 24.6 Å². The third kappa shape index (κ3) is 1.62. The van der Waals surface area contributed by atoms with Crippen LogP contribution in [-0.2, 0) is 0 Å². The van der Waals surface area contributed by atoms with Crippen molar-refractivity contribution in [2.75, 3.05) is 0 Å². The van der Waals surface area contributed by atoms with Gasteiger partial charge in [0.1, 0.15) is 0 Å². The minimum absolute atomic E-state index is 0.503. The van der Waals surface area contributed by atoms with Gasteiger partial charge >= 0.3 is 0 Å². The van der Waals surface area contributed by atoms with Crippen LogP contribution in [0.15, 0.2) is 49.1 Å². The van der Waals surface area contributed by atoms with Gasteiger partial charge in [-0.25, -0.2) is 19.5 Å². The lowest BCUT2D eigenvalue weighted by Crippen LogP contribution is -1.92. The fourth-order valence-corrected chi connectivity index (χ4v) is 2.13. The standard InChI is InChI=1S/C14H8FN5/c15-12-4-3-9(6-17-12)10-7-18-14-11-2-1-5-16-13(11)19-20(14)8-10/h1-8H. The van der Waals surface area contributed by atoms with E-state index in [2.05, 4.69) is 20.1 Å². The summed E-state index contributed by atoms with van der Waals surface area (Å²) in [5.41, 5.74) is 2.99. The van der Waals surface area contributed by atoms with Crippen LogP contribution in [0.5, 0.6) is 0 Å². The van der Waals surface area contributed by atoms with Crippen LogP contribution in [0.2, 0.25) is 0 Å². The molecule has 0 aromatic carbocycles. The Morgan fingerprint density at radius 1 is 0.950 bits per heavy atom. The molecule has 0 N–H and O–H groups in total. The number of halogens is 1. The molecule has 96 valence electrons. The van der Waals surface area contributed by atoms with Crippen LogP contribution in [0.1, 0.15) is 0 Å². The molecule has 0 saturated heterocycles. The molecule has 0 aliphatic heterocycles. The quantitative estimate of drug-likeness (QED) is 0.496. The minimum Gasteiger partial charge on any atom is -0.236 e. The summed E-state index contributed by atoms with van der Waals surface area (Å²) in [7, 11) is 0. The second kappa shape index (κ2) is 4.06. The highest BCUT2D eigenvalue weighted by Gasteiger charge is 2.08. The number of hydrogen-bond donors (Lipinski definition) is 0. The molecule has 5 nitrogen and oxygen atoms in total. The Bertz CT molecular complexity index is 914. The van der Waals surface area contributed by atoms with E-state index in [-0.39, 0.29) is 0 Å². The molecule has 0 aliphatic carbocycles. The highest BCUT2D eigenvalue weighted by molar-refractivity contribution is 5.89. The number of aromatic nitrogens is 5. The van der Waals surface area contributed by atoms with Crippen molar-refractivity contribution in [3.63, 3.8) is 0 Å². The molecule has 0 aliphatic rings. The third-order valence-corrected chi connectivity index (χ3v) is 3.10. The van der Waals surface area contributed by atoms with Gasteiger partial charge in [-0.1, -0.05) is 0 Å². The van der Waals surface area contributed by atoms with Crippen molar-refractivity contribution >= 4 is 16.7 Å². The average Bonchev–Trinajstić information content (AvgIpc) is 2.85. The van der Waals surface area contributed by atoms with Gasteiger partial charge in [0.15, 0.2) is 11.3 Å². The molecule has 4 rings (SSSR count). The van der Waals surface area contributed by atoms with Crippen molar-refractivity contribution in [1.29, 1.82) is 0 Å². The Hall–Kier alpha value is -2.89. The second-order valence-electron chi connectivity index (χ2n) is 4.35. The lowest BCUT2D eigenvalue weighted by atomic mass is 10.1. The predicted molar refractivity (Wildman–Crippen MR) is 71.5 cm³/mol. The second-order valence-corrected chi connectivity index (χ2v) is 4.35. The van der Waals surface area contributed by atoms with Crippen molar-refractivity contribution in [3.8, 4) is 11.1 Å². The molecule has 0 fully saturated rings. The summed E-state index contributed by atoms with van der Waals surface area (Å²) in [5, 5.41) is 5.27. The van der Waals surface area contributed by atoms with E-state index in [0.29, 0.717) is 5.65 Å². The maximum atomic E-state index is 12.8. The van der Waals surface area contributed by atoms with Crippen LogP contribution >= 0.6 is 0 Å². The summed E-state index contributed by atoms with van der Waals surface area (Å²) in [4.78, 5) is 12.2. The molecule has 4 aromatic heterocycles. The zero-order chi connectivity index (χ0) is 13.5. The fraction of sp³-hybridized carbons (Fsp3) is 0. The smallest absolute Gasteiger partial charge is 0.212 e. The first-order valence-corrected chi connectivity index (χ1v) is 6.02. The van der Waals surface area contributed by atoms with Crippen molar-refractivity contribution in [3.05, 3.63) is 55.0 Å². The van der Waals surface area contributed by atoms with Crippen molar-refractivity contribution in [2.24, 2.45) is 0 Å². The molecule has 6 heteroatoms. The van der Waals surface area contributed by atoms with E-state index >= 15 is 0 Å². The van der Waals surface area contributed by atoms with Crippen molar-refractivity contribution < 1.29 is 4.39 Å². The lowest BCUT2D eigenvalue weighted by Gasteiger charge is -2.01. The van der Waals surface area contributed by atoms with E-state index in [4.69, 9.17) is 0 Å². The van der Waals surface area contributed by atoms with Crippen LogP contribution in [0, 0.1) is 5.95 Å². The van der Waals surface area contributed by atoms with E-state index < -0.39 is 5.95 Å². The average molecular weight is 265 g/mol. The number of hydrogen-bond acceptors (Lipinski definition) is 4. The Morgan fingerprint density at radius 2 is 1.85 bits per heavy atom. The van der Waals surface area contributed by atoms with Gasteiger partial charge in [-0.2, -0.15) is 4.39 Å². The van der Waals surface area contributed by atoms with Gasteiger partial charge in [0.05, 0.1) is 5.39 Å². The van der Waals surface area contributed by atoms with E-state index in [1.165, 1.54) is 12.3 Å². The molecule has 0 bridgehead atoms. The molecule has 0 atom stereocenters. The Morgan fingerprint density at radius 3 is 2.70 bits per heavy atom. The van der Waals surface area contributed by atoms with E-state index in [1.807, 2.05) is 18.3 Å². The molecule has 4 heterocycles. The molecule has 0 spiro atoms. The molecule has 20 heavy (non-hydrogen) atoms. The minimum atomic E-state index is -0.503. The SMILES string of the molecule is Fc1ccc(-c2cnc3c4cccnc4nn3c2)cn1. The predicted octanol–water partition coefficient (Wildman–Crippen LogP) is 2.48. The monoisotopic (exact) mass is 265 g/mol. The van der Waals surface area contributed by atoms with Gasteiger partial charge in [-0.15, -0.1) is 5.10 Å². The van der Waals surface area contributed by atoms with Crippen LogP contribution in [0.4, 0.5) is 4.39 Å². The maximum Gasteiger partial charge on any atom is 0.212 e. The summed E-state index contributed by atoms with van der Waals surface area (Å²) in [6, 6.07) is 6.76. The van der Waals surface area contributed by atoms with Gasteiger partial charge < -0.3 is 0 Å². The summed E-state index contributed by atoms with van der Waals surface area (Å²) in [6.45, 7) is 0. The summed E-state index contributed by atoms with van der Waals surface area (Å²) >= 11 is 0. The normalized spacial score (nSPS) is 11.2. The van der Waals surface area contributed by atoms with Gasteiger partial charge in [-0.05, 0) is 24.3 Å². The first-order chi connectivity index (χ1) is 9.81. The molecule has 0 saturated carbocycles. The van der Waals surface area contributed by atoms with E-state index in [0.717, 1.165) is 22.2 Å². The van der Waals surface area contributed by atoms with E-state index in [1.54, 1.807) is 23.0 Å². The lowest BCUT2D eigenvalue weighted by molar-refractivity contribution is 0.584. The van der Waals surface area contributed by atoms with Crippen LogP contribution < -0.4 is 0 Å². The van der Waals surface area contributed by atoms with Crippen LogP contribution in [0.3, 0.4) is 0 Å². The van der Waals surface area contributed by atoms with Gasteiger partial charge in [0.25, 0.3) is 0 Å². The summed E-state index contributed by atoms with van der Waals surface area (Å²) in [5.74, 6) is -0.503. The Kier molecular flexibility index (Phi) is 2.23. The molecule has 0 unspecified atom stereocenters. The number of pyridine rings is 2. The van der Waals surface area contributed by atoms with Gasteiger partial charge in [0.2, 0.25) is 5.95 Å². The summed E-state index contributed by atoms with van der Waals surface area (Å²) in [6.07, 6.45) is 6.72. The molecular formula is C14H8FN5. The Labute approximate surface area is 112 Å². The van der Waals surface area contributed by atoms with Crippen LogP contribution in [0.25, 0.3) is 27.8 Å². The molecule has 4 aromatic rings. The zero-order valence-corrected chi connectivity index (χ0v) is 10.2. The molecule has 0 amide bonds. The summed E-state index contributed by atoms with van der Waals surface area (Å²) < 4.78 is 14.5. The third-order valence-electron chi connectivity index (χ3n) is 3.10. The molecular weight excluding hydrogens is 257 g/mol. The highest BCUT2D eigenvalue weighted by atomic mass is 19.1. The van der Waals surface area contributed by atoms with Crippen molar-refractivity contribution in [2.45, 2.75) is 0 Å². The Balaban J connectivity index is 1.94. The van der Waals surface area contributed by atoms with E-state index in [9.17, 15) is 4.39 Å². The highest BCUT2D eigenvalue weighted by Crippen LogP contribution is 2.21. The topological polar surface area (TPSA) is 56.0 Å². The number of nitrogens with zero attached hydrogens (tertiary/aromatic N) is 5. The van der Waals surface area contributed by atoms with Gasteiger partial charge in [0, 0.05) is 35.9 Å².